The highest BCUT2D eigenvalue weighted by Gasteiger charge is 2.17. The predicted molar refractivity (Wildman–Crippen MR) is 200 cm³/mol. The summed E-state index contributed by atoms with van der Waals surface area (Å²) in [5.41, 5.74) is 10.2. The van der Waals surface area contributed by atoms with Crippen molar-refractivity contribution in [2.45, 2.75) is 81.1 Å². The first-order valence-electron chi connectivity index (χ1n) is 16.6. The minimum Gasteiger partial charge on any atom is -0.309 e. The van der Waals surface area contributed by atoms with Crippen LogP contribution in [0.1, 0.15) is 91.3 Å². The minimum absolute atomic E-state index is 0.459. The van der Waals surface area contributed by atoms with E-state index in [4.69, 9.17) is 0 Å². The molecule has 0 bridgehead atoms. The van der Waals surface area contributed by atoms with Crippen LogP contribution in [-0.2, 0) is 6.42 Å². The van der Waals surface area contributed by atoms with Crippen LogP contribution in [0.25, 0.3) is 43.8 Å². The molecule has 1 atom stereocenters. The summed E-state index contributed by atoms with van der Waals surface area (Å²) in [7, 11) is 1.85. The summed E-state index contributed by atoms with van der Waals surface area (Å²) in [6.45, 7) is 18.6. The van der Waals surface area contributed by atoms with E-state index in [1.807, 2.05) is 54.8 Å². The Hall–Kier alpha value is -4.17. The fourth-order valence-corrected chi connectivity index (χ4v) is 6.06. The van der Waals surface area contributed by atoms with Crippen LogP contribution in [0, 0.1) is 0 Å². The molecular formula is C42H52N2. The fraction of sp³-hybridized carbons (Fsp3) is 0.310. The predicted octanol–water partition coefficient (Wildman–Crippen LogP) is 12.7. The van der Waals surface area contributed by atoms with Crippen molar-refractivity contribution in [3.8, 4) is 5.69 Å². The second kappa shape index (κ2) is 16.6. The van der Waals surface area contributed by atoms with Crippen molar-refractivity contribution in [3.63, 3.8) is 0 Å². The van der Waals surface area contributed by atoms with Gasteiger partial charge in [-0.1, -0.05) is 121 Å². The Balaban J connectivity index is 0.000000832. The van der Waals surface area contributed by atoms with Crippen molar-refractivity contribution < 1.29 is 0 Å². The van der Waals surface area contributed by atoms with Gasteiger partial charge in [-0.3, -0.25) is 4.99 Å². The third kappa shape index (κ3) is 6.81. The van der Waals surface area contributed by atoms with Crippen LogP contribution in [0.2, 0.25) is 0 Å². The number of fused-ring (bicyclic) bond motifs is 4. The van der Waals surface area contributed by atoms with Crippen LogP contribution in [0.4, 0.5) is 0 Å². The number of aliphatic imine (C=N–C) groups is 1. The van der Waals surface area contributed by atoms with Crippen molar-refractivity contribution in [1.82, 2.24) is 4.57 Å². The molecule has 0 spiro atoms. The molecule has 4 aromatic carbocycles. The van der Waals surface area contributed by atoms with E-state index in [1.165, 1.54) is 66.1 Å². The molecule has 0 N–H and O–H groups in total. The number of hydrogen-bond acceptors (Lipinski definition) is 1. The van der Waals surface area contributed by atoms with Gasteiger partial charge in [0.15, 0.2) is 0 Å². The number of aromatic nitrogens is 1. The number of rotatable bonds is 5. The van der Waals surface area contributed by atoms with Crippen LogP contribution in [0.5, 0.6) is 0 Å². The molecule has 2 heteroatoms. The molecule has 1 aromatic heterocycles. The van der Waals surface area contributed by atoms with Gasteiger partial charge in [0.05, 0.1) is 11.0 Å². The molecule has 0 fully saturated rings. The molecular weight excluding hydrogens is 532 g/mol. The van der Waals surface area contributed by atoms with Crippen LogP contribution in [0.15, 0.2) is 108 Å². The van der Waals surface area contributed by atoms with Crippen LogP contribution in [-0.4, -0.2) is 17.8 Å². The number of para-hydroxylation sites is 1. The van der Waals surface area contributed by atoms with Crippen LogP contribution >= 0.6 is 0 Å². The minimum atomic E-state index is 0.459. The normalized spacial score (nSPS) is 13.6. The molecule has 1 aliphatic rings. The fourth-order valence-electron chi connectivity index (χ4n) is 6.06. The Morgan fingerprint density at radius 1 is 0.795 bits per heavy atom. The van der Waals surface area contributed by atoms with Crippen LogP contribution < -0.4 is 0 Å². The number of aryl methyl sites for hydroxylation is 1. The van der Waals surface area contributed by atoms with Crippen molar-refractivity contribution in [2.75, 3.05) is 7.05 Å². The van der Waals surface area contributed by atoms with Crippen molar-refractivity contribution in [3.05, 3.63) is 119 Å². The molecule has 2 nitrogen and oxygen atoms in total. The topological polar surface area (TPSA) is 17.3 Å². The van der Waals surface area contributed by atoms with Crippen molar-refractivity contribution >= 4 is 44.4 Å². The molecule has 1 aliphatic carbocycles. The van der Waals surface area contributed by atoms with E-state index in [1.54, 1.807) is 0 Å². The van der Waals surface area contributed by atoms with Gasteiger partial charge >= 0.3 is 0 Å². The lowest BCUT2D eigenvalue weighted by Crippen LogP contribution is -1.99. The Bertz CT molecular complexity index is 1790. The lowest BCUT2D eigenvalue weighted by Gasteiger charge is -2.16. The molecule has 0 amide bonds. The second-order valence-electron chi connectivity index (χ2n) is 10.4. The lowest BCUT2D eigenvalue weighted by atomic mass is 9.90. The van der Waals surface area contributed by atoms with Crippen molar-refractivity contribution in [1.29, 1.82) is 0 Å². The molecule has 230 valence electrons. The summed E-state index contributed by atoms with van der Waals surface area (Å²) in [6, 6.07) is 27.3. The van der Waals surface area contributed by atoms with Gasteiger partial charge in [-0.2, -0.15) is 0 Å². The van der Waals surface area contributed by atoms with Gasteiger partial charge in [-0.05, 0) is 90.1 Å². The van der Waals surface area contributed by atoms with Crippen LogP contribution in [0.3, 0.4) is 0 Å². The smallest absolute Gasteiger partial charge is 0.0547 e. The average Bonchev–Trinajstić information content (AvgIpc) is 3.42. The number of nitrogens with zero attached hydrogens (tertiary/aromatic N) is 2. The third-order valence-electron chi connectivity index (χ3n) is 7.92. The quantitative estimate of drug-likeness (QED) is 0.183. The average molecular weight is 585 g/mol. The highest BCUT2D eigenvalue weighted by Crippen LogP contribution is 2.38. The van der Waals surface area contributed by atoms with E-state index < -0.39 is 0 Å². The standard InChI is InChI=1S/C36H34N2.3C2H6/c1-5-29-30(34(23-37-4)24(2)3)20-17-27-21-36-33(22-32(27)29)31-13-9-10-14-35(31)38(36)28-18-15-26(16-19-28)25-11-7-6-8-12-25;3*1-2/h6-11,13-23,25H,5,12H2,1-4H3;3*1-2H3. The van der Waals surface area contributed by atoms with Gasteiger partial charge in [0.25, 0.3) is 0 Å². The van der Waals surface area contributed by atoms with Gasteiger partial charge in [0.1, 0.15) is 0 Å². The maximum atomic E-state index is 4.36. The zero-order valence-corrected chi connectivity index (χ0v) is 28.7. The van der Waals surface area contributed by atoms with Gasteiger partial charge in [0.2, 0.25) is 0 Å². The Kier molecular flexibility index (Phi) is 13.0. The number of allylic oxidation sites excluding steroid dienone is 6. The highest BCUT2D eigenvalue weighted by atomic mass is 15.0. The summed E-state index contributed by atoms with van der Waals surface area (Å²) >= 11 is 0. The van der Waals surface area contributed by atoms with E-state index in [-0.39, 0.29) is 0 Å². The molecule has 6 rings (SSSR count). The maximum Gasteiger partial charge on any atom is 0.0547 e. The Morgan fingerprint density at radius 3 is 2.11 bits per heavy atom. The van der Waals surface area contributed by atoms with Gasteiger partial charge in [0, 0.05) is 35.6 Å². The van der Waals surface area contributed by atoms with Gasteiger partial charge < -0.3 is 4.57 Å². The van der Waals surface area contributed by atoms with E-state index in [9.17, 15) is 0 Å². The maximum absolute atomic E-state index is 4.36. The van der Waals surface area contributed by atoms with E-state index in [2.05, 4.69) is 127 Å². The van der Waals surface area contributed by atoms with E-state index in [0.29, 0.717) is 5.92 Å². The van der Waals surface area contributed by atoms with E-state index >= 15 is 0 Å². The second-order valence-corrected chi connectivity index (χ2v) is 10.4. The summed E-state index contributed by atoms with van der Waals surface area (Å²) < 4.78 is 2.43. The highest BCUT2D eigenvalue weighted by molar-refractivity contribution is 6.16. The SMILES string of the molecule is CC.CC.CC.CCc1c(C(C=NC)=C(C)C)ccc2cc3c(cc12)c1ccccc1n3-c1ccc(C2C=CC=CC2)cc1. The monoisotopic (exact) mass is 584 g/mol. The molecule has 1 unspecified atom stereocenters. The summed E-state index contributed by atoms with van der Waals surface area (Å²) in [4.78, 5) is 4.36. The first-order chi connectivity index (χ1) is 21.6. The zero-order chi connectivity index (χ0) is 32.2. The molecule has 5 aromatic rings. The first-order valence-corrected chi connectivity index (χ1v) is 16.6. The third-order valence-corrected chi connectivity index (χ3v) is 7.92. The Labute approximate surface area is 266 Å². The molecule has 0 radical (unpaired) electrons. The molecule has 44 heavy (non-hydrogen) atoms. The lowest BCUT2D eigenvalue weighted by molar-refractivity contribution is 0.853. The van der Waals surface area contributed by atoms with Crippen molar-refractivity contribution in [2.24, 2.45) is 4.99 Å². The van der Waals surface area contributed by atoms with Gasteiger partial charge in [-0.15, -0.1) is 0 Å². The van der Waals surface area contributed by atoms with E-state index in [0.717, 1.165) is 12.8 Å². The number of hydrogen-bond donors (Lipinski definition) is 0. The molecule has 0 saturated heterocycles. The van der Waals surface area contributed by atoms with Gasteiger partial charge in [-0.25, -0.2) is 0 Å². The largest absolute Gasteiger partial charge is 0.309 e. The molecule has 1 heterocycles. The summed E-state index contributed by atoms with van der Waals surface area (Å²) in [6.07, 6.45) is 12.9. The number of benzene rings is 4. The Morgan fingerprint density at radius 2 is 1.50 bits per heavy atom. The zero-order valence-electron chi connectivity index (χ0n) is 28.7. The molecule has 0 saturated carbocycles. The molecule has 0 aliphatic heterocycles. The summed E-state index contributed by atoms with van der Waals surface area (Å²) in [5, 5.41) is 5.20. The summed E-state index contributed by atoms with van der Waals surface area (Å²) in [5.74, 6) is 0.459. The first kappa shape index (κ1) is 34.3.